The number of nitrogens with zero attached hydrogens (tertiary/aromatic N) is 2. The summed E-state index contributed by atoms with van der Waals surface area (Å²) in [6, 6.07) is 7.17. The first-order chi connectivity index (χ1) is 15.0. The number of pyridine rings is 2. The van der Waals surface area contributed by atoms with Gasteiger partial charge in [-0.05, 0) is 54.7 Å². The molecule has 3 aromatic rings. The van der Waals surface area contributed by atoms with Crippen LogP contribution in [-0.4, -0.2) is 28.3 Å². The summed E-state index contributed by atoms with van der Waals surface area (Å²) >= 11 is 0. The monoisotopic (exact) mass is 447 g/mol. The summed E-state index contributed by atoms with van der Waals surface area (Å²) in [5.41, 5.74) is 4.58. The van der Waals surface area contributed by atoms with Gasteiger partial charge < -0.3 is 15.2 Å². The summed E-state index contributed by atoms with van der Waals surface area (Å²) in [7, 11) is 0. The van der Waals surface area contributed by atoms with Crippen LogP contribution in [0.5, 0.6) is 5.75 Å². The molecule has 0 saturated heterocycles. The second kappa shape index (κ2) is 9.02. The lowest BCUT2D eigenvalue weighted by Crippen LogP contribution is -2.41. The van der Waals surface area contributed by atoms with E-state index < -0.39 is 23.4 Å². The molecule has 32 heavy (non-hydrogen) atoms. The average Bonchev–Trinajstić information content (AvgIpc) is 2.70. The van der Waals surface area contributed by atoms with Gasteiger partial charge in [-0.25, -0.2) is 4.79 Å². The first-order valence-corrected chi connectivity index (χ1v) is 10.00. The molecule has 1 atom stereocenters. The van der Waals surface area contributed by atoms with Crippen molar-refractivity contribution in [2.24, 2.45) is 11.7 Å². The molecule has 0 fully saturated rings. The van der Waals surface area contributed by atoms with Gasteiger partial charge in [0.15, 0.2) is 0 Å². The molecule has 2 aromatic heterocycles. The van der Waals surface area contributed by atoms with Crippen molar-refractivity contribution in [2.75, 3.05) is 6.61 Å². The third-order valence-electron chi connectivity index (χ3n) is 4.86. The van der Waals surface area contributed by atoms with E-state index in [1.165, 1.54) is 12.3 Å². The van der Waals surface area contributed by atoms with Crippen LogP contribution in [0.4, 0.5) is 18.0 Å². The number of carbonyl (C=O) groups is 1. The molecule has 9 heteroatoms. The number of rotatable bonds is 7. The lowest BCUT2D eigenvalue weighted by molar-refractivity contribution is -0.139. The van der Waals surface area contributed by atoms with Gasteiger partial charge in [-0.1, -0.05) is 19.9 Å². The minimum Gasteiger partial charge on any atom is -0.489 e. The van der Waals surface area contributed by atoms with Crippen LogP contribution in [0.1, 0.15) is 32.8 Å². The highest BCUT2D eigenvalue weighted by molar-refractivity contribution is 5.93. The number of ether oxygens (including phenoxy) is 2. The Morgan fingerprint density at radius 1 is 1.16 bits per heavy atom. The van der Waals surface area contributed by atoms with Gasteiger partial charge in [0.05, 0.1) is 11.1 Å². The van der Waals surface area contributed by atoms with Crippen molar-refractivity contribution in [1.82, 2.24) is 9.97 Å². The van der Waals surface area contributed by atoms with Crippen molar-refractivity contribution >= 4 is 17.0 Å². The second-order valence-electron chi connectivity index (χ2n) is 8.22. The van der Waals surface area contributed by atoms with Crippen LogP contribution in [0, 0.1) is 5.92 Å². The molecule has 0 bridgehead atoms. The molecule has 6 nitrogen and oxygen atoms in total. The number of hydrogen-bond donors (Lipinski definition) is 1. The van der Waals surface area contributed by atoms with Gasteiger partial charge in [0.25, 0.3) is 0 Å². The molecule has 1 unspecified atom stereocenters. The molecular weight excluding hydrogens is 423 g/mol. The number of hydrogen-bond acceptors (Lipinski definition) is 5. The highest BCUT2D eigenvalue weighted by atomic mass is 19.4. The smallest absolute Gasteiger partial charge is 0.419 e. The summed E-state index contributed by atoms with van der Waals surface area (Å²) in [4.78, 5) is 19.6. The zero-order chi connectivity index (χ0) is 23.5. The second-order valence-corrected chi connectivity index (χ2v) is 8.22. The van der Waals surface area contributed by atoms with Gasteiger partial charge in [-0.3, -0.25) is 9.97 Å². The van der Waals surface area contributed by atoms with Crippen LogP contribution in [0.2, 0.25) is 0 Å². The number of fused-ring (bicyclic) bond motifs is 1. The quantitative estimate of drug-likeness (QED) is 0.510. The van der Waals surface area contributed by atoms with Gasteiger partial charge in [0.1, 0.15) is 18.0 Å². The summed E-state index contributed by atoms with van der Waals surface area (Å²) in [5, 5.41) is 0.635. The number of aromatic nitrogens is 2. The Balaban J connectivity index is 1.98. The topological polar surface area (TPSA) is 87.3 Å². The Bertz CT molecular complexity index is 1110. The number of alkyl halides is 3. The lowest BCUT2D eigenvalue weighted by atomic mass is 9.94. The first kappa shape index (κ1) is 23.3. The van der Waals surface area contributed by atoms with Crippen LogP contribution in [-0.2, 0) is 10.9 Å². The Labute approximate surface area is 183 Å². The van der Waals surface area contributed by atoms with E-state index in [9.17, 15) is 18.0 Å². The number of amides is 1. The predicted octanol–water partition coefficient (Wildman–Crippen LogP) is 5.59. The summed E-state index contributed by atoms with van der Waals surface area (Å²) in [6.45, 7) is 5.09. The number of carbonyl (C=O) groups excluding carboxylic acids is 1. The maximum Gasteiger partial charge on any atom is 0.419 e. The molecule has 0 spiro atoms. The minimum atomic E-state index is -4.66. The van der Waals surface area contributed by atoms with E-state index in [1.807, 2.05) is 13.8 Å². The van der Waals surface area contributed by atoms with Crippen LogP contribution in [0.3, 0.4) is 0 Å². The predicted molar refractivity (Wildman–Crippen MR) is 114 cm³/mol. The standard InChI is InChI=1S/C23H24F3N3O3/c1-14(2)11-22(3,32-21(27)30)13-31-20-5-4-15(10-18(20)23(24,25)26)16-6-9-29-19-7-8-28-12-17(16)19/h4-10,12,14H,11,13H2,1-3H3,(H2,27,30). The first-order valence-electron chi connectivity index (χ1n) is 10.00. The maximum absolute atomic E-state index is 13.9. The third-order valence-corrected chi connectivity index (χ3v) is 4.86. The number of benzene rings is 1. The average molecular weight is 447 g/mol. The van der Waals surface area contributed by atoms with Crippen molar-refractivity contribution in [2.45, 2.75) is 39.0 Å². The fourth-order valence-corrected chi connectivity index (χ4v) is 3.75. The van der Waals surface area contributed by atoms with Gasteiger partial charge in [0.2, 0.25) is 0 Å². The SMILES string of the molecule is CC(C)CC(C)(COc1ccc(-c2ccnc3ccncc23)cc1C(F)(F)F)OC(N)=O. The van der Waals surface area contributed by atoms with Crippen molar-refractivity contribution in [1.29, 1.82) is 0 Å². The molecule has 0 aliphatic heterocycles. The Morgan fingerprint density at radius 3 is 2.56 bits per heavy atom. The van der Waals surface area contributed by atoms with Gasteiger partial charge in [-0.2, -0.15) is 13.2 Å². The molecule has 0 saturated carbocycles. The normalized spacial score (nSPS) is 13.7. The summed E-state index contributed by atoms with van der Waals surface area (Å²) in [5.74, 6) is -0.262. The van der Waals surface area contributed by atoms with Crippen LogP contribution in [0.25, 0.3) is 22.0 Å². The molecule has 0 aliphatic rings. The zero-order valence-electron chi connectivity index (χ0n) is 17.9. The van der Waals surface area contributed by atoms with Gasteiger partial charge in [0, 0.05) is 24.0 Å². The van der Waals surface area contributed by atoms with Crippen molar-refractivity contribution in [3.8, 4) is 16.9 Å². The van der Waals surface area contributed by atoms with Crippen molar-refractivity contribution in [3.63, 3.8) is 0 Å². The fourth-order valence-electron chi connectivity index (χ4n) is 3.75. The van der Waals surface area contributed by atoms with Gasteiger partial charge in [-0.15, -0.1) is 0 Å². The molecule has 170 valence electrons. The van der Waals surface area contributed by atoms with E-state index in [4.69, 9.17) is 15.2 Å². The third kappa shape index (κ3) is 5.46. The Morgan fingerprint density at radius 2 is 1.91 bits per heavy atom. The van der Waals surface area contributed by atoms with E-state index in [2.05, 4.69) is 9.97 Å². The van der Waals surface area contributed by atoms with Crippen molar-refractivity contribution < 1.29 is 27.4 Å². The summed E-state index contributed by atoms with van der Waals surface area (Å²) in [6.07, 6.45) is -0.640. The molecule has 0 aliphatic carbocycles. The number of nitrogens with two attached hydrogens (primary N) is 1. The van der Waals surface area contributed by atoms with E-state index in [0.29, 0.717) is 28.5 Å². The largest absolute Gasteiger partial charge is 0.489 e. The lowest BCUT2D eigenvalue weighted by Gasteiger charge is -2.30. The number of halogens is 3. The minimum absolute atomic E-state index is 0.0981. The van der Waals surface area contributed by atoms with Crippen LogP contribution in [0.15, 0.2) is 48.9 Å². The van der Waals surface area contributed by atoms with Gasteiger partial charge >= 0.3 is 12.3 Å². The molecule has 2 heterocycles. The highest BCUT2D eigenvalue weighted by Crippen LogP contribution is 2.40. The number of primary amides is 1. The highest BCUT2D eigenvalue weighted by Gasteiger charge is 2.36. The van der Waals surface area contributed by atoms with Crippen LogP contribution >= 0.6 is 0 Å². The van der Waals surface area contributed by atoms with Crippen LogP contribution < -0.4 is 10.5 Å². The molecule has 2 N–H and O–H groups in total. The summed E-state index contributed by atoms with van der Waals surface area (Å²) < 4.78 is 52.4. The molecule has 1 amide bonds. The fraction of sp³-hybridized carbons (Fsp3) is 0.348. The molecule has 0 radical (unpaired) electrons. The van der Waals surface area contributed by atoms with E-state index >= 15 is 0 Å². The van der Waals surface area contributed by atoms with E-state index in [-0.39, 0.29) is 18.3 Å². The van der Waals surface area contributed by atoms with E-state index in [1.54, 1.807) is 37.5 Å². The molecule has 3 rings (SSSR count). The zero-order valence-corrected chi connectivity index (χ0v) is 17.9. The molecular formula is C23H24F3N3O3. The van der Waals surface area contributed by atoms with E-state index in [0.717, 1.165) is 6.07 Å². The van der Waals surface area contributed by atoms with Crippen molar-refractivity contribution in [3.05, 3.63) is 54.5 Å². The molecule has 1 aromatic carbocycles. The maximum atomic E-state index is 13.9. The Kier molecular flexibility index (Phi) is 6.57. The Hall–Kier alpha value is -3.36.